The zero-order valence-corrected chi connectivity index (χ0v) is 15.5. The number of hydrogen-bond donors (Lipinski definition) is 1. The van der Waals surface area contributed by atoms with E-state index in [1.807, 2.05) is 42.5 Å². The average Bonchev–Trinajstić information content (AvgIpc) is 2.72. The van der Waals surface area contributed by atoms with Crippen LogP contribution >= 0.6 is 0 Å². The van der Waals surface area contributed by atoms with Gasteiger partial charge in [-0.15, -0.1) is 0 Å². The molecular formula is C22H25N3O2. The summed E-state index contributed by atoms with van der Waals surface area (Å²) in [6.45, 7) is 3.67. The van der Waals surface area contributed by atoms with E-state index >= 15 is 0 Å². The molecule has 1 aliphatic rings. The van der Waals surface area contributed by atoms with Crippen LogP contribution in [0, 0.1) is 0 Å². The number of nitrogens with one attached hydrogen (secondary N) is 1. The fourth-order valence-corrected chi connectivity index (χ4v) is 3.60. The van der Waals surface area contributed by atoms with Gasteiger partial charge in [-0.2, -0.15) is 0 Å². The smallest absolute Gasteiger partial charge is 0.258 e. The molecule has 1 N–H and O–H groups in total. The highest BCUT2D eigenvalue weighted by molar-refractivity contribution is 5.83. The molecule has 0 aliphatic carbocycles. The van der Waals surface area contributed by atoms with Crippen molar-refractivity contribution in [2.45, 2.75) is 32.3 Å². The highest BCUT2D eigenvalue weighted by atomic mass is 16.5. The van der Waals surface area contributed by atoms with Crippen LogP contribution in [-0.2, 0) is 13.0 Å². The molecule has 2 heterocycles. The number of rotatable bonds is 6. The molecule has 0 unspecified atom stereocenters. The molecule has 3 aromatic rings. The van der Waals surface area contributed by atoms with Crippen molar-refractivity contribution in [2.75, 3.05) is 19.6 Å². The second kappa shape index (κ2) is 8.35. The second-order valence-electron chi connectivity index (χ2n) is 7.09. The second-order valence-corrected chi connectivity index (χ2v) is 7.09. The lowest BCUT2D eigenvalue weighted by atomic mass is 10.1. The SMILES string of the molecule is O=c1[nH]c(CCN2CCCCC2)nc2c(OCc3ccccc3)cccc12. The van der Waals surface area contributed by atoms with Crippen molar-refractivity contribution in [1.82, 2.24) is 14.9 Å². The largest absolute Gasteiger partial charge is 0.487 e. The van der Waals surface area contributed by atoms with E-state index in [9.17, 15) is 4.79 Å². The molecule has 27 heavy (non-hydrogen) atoms. The maximum absolute atomic E-state index is 12.5. The van der Waals surface area contributed by atoms with E-state index in [0.717, 1.165) is 37.4 Å². The molecule has 4 rings (SSSR count). The number of fused-ring (bicyclic) bond motifs is 1. The maximum Gasteiger partial charge on any atom is 0.258 e. The Morgan fingerprint density at radius 1 is 1.00 bits per heavy atom. The Balaban J connectivity index is 1.54. The Labute approximate surface area is 159 Å². The van der Waals surface area contributed by atoms with Crippen LogP contribution in [-0.4, -0.2) is 34.5 Å². The Kier molecular flexibility index (Phi) is 5.49. The Morgan fingerprint density at radius 2 is 1.81 bits per heavy atom. The van der Waals surface area contributed by atoms with Crippen LogP contribution in [0.15, 0.2) is 53.3 Å². The number of likely N-dealkylation sites (tertiary alicyclic amines) is 1. The molecule has 5 nitrogen and oxygen atoms in total. The topological polar surface area (TPSA) is 58.2 Å². The van der Waals surface area contributed by atoms with Crippen molar-refractivity contribution in [2.24, 2.45) is 0 Å². The van der Waals surface area contributed by atoms with Gasteiger partial charge < -0.3 is 14.6 Å². The molecule has 0 spiro atoms. The van der Waals surface area contributed by atoms with E-state index in [0.29, 0.717) is 23.3 Å². The zero-order valence-electron chi connectivity index (χ0n) is 15.5. The van der Waals surface area contributed by atoms with Crippen LogP contribution in [0.2, 0.25) is 0 Å². The molecule has 140 valence electrons. The summed E-state index contributed by atoms with van der Waals surface area (Å²) < 4.78 is 5.98. The monoisotopic (exact) mass is 363 g/mol. The van der Waals surface area contributed by atoms with E-state index in [2.05, 4.69) is 9.88 Å². The van der Waals surface area contributed by atoms with Crippen molar-refractivity contribution in [3.05, 3.63) is 70.3 Å². The molecule has 0 atom stereocenters. The minimum atomic E-state index is -0.0983. The first-order chi connectivity index (χ1) is 13.3. The fourth-order valence-electron chi connectivity index (χ4n) is 3.60. The molecule has 1 saturated heterocycles. The third-order valence-electron chi connectivity index (χ3n) is 5.10. The lowest BCUT2D eigenvalue weighted by Crippen LogP contribution is -2.32. The summed E-state index contributed by atoms with van der Waals surface area (Å²) in [6, 6.07) is 15.5. The van der Waals surface area contributed by atoms with Gasteiger partial charge in [-0.25, -0.2) is 4.98 Å². The Bertz CT molecular complexity index is 947. The number of ether oxygens (including phenoxy) is 1. The highest BCUT2D eigenvalue weighted by Gasteiger charge is 2.13. The summed E-state index contributed by atoms with van der Waals surface area (Å²) >= 11 is 0. The first-order valence-corrected chi connectivity index (χ1v) is 9.70. The molecule has 1 fully saturated rings. The number of para-hydroxylation sites is 1. The van der Waals surface area contributed by atoms with Crippen LogP contribution in [0.1, 0.15) is 30.7 Å². The summed E-state index contributed by atoms with van der Waals surface area (Å²) in [5.74, 6) is 1.38. The van der Waals surface area contributed by atoms with Gasteiger partial charge >= 0.3 is 0 Å². The molecule has 0 saturated carbocycles. The zero-order chi connectivity index (χ0) is 18.5. The van der Waals surface area contributed by atoms with Gasteiger partial charge in [0.15, 0.2) is 0 Å². The molecule has 0 radical (unpaired) electrons. The molecule has 0 bridgehead atoms. The highest BCUT2D eigenvalue weighted by Crippen LogP contribution is 2.22. The van der Waals surface area contributed by atoms with Crippen LogP contribution < -0.4 is 10.3 Å². The number of H-pyrrole nitrogens is 1. The molecule has 5 heteroatoms. The predicted octanol–water partition coefficient (Wildman–Crippen LogP) is 3.53. The van der Waals surface area contributed by atoms with Crippen LogP contribution in [0.3, 0.4) is 0 Å². The Morgan fingerprint density at radius 3 is 2.63 bits per heavy atom. The van der Waals surface area contributed by atoms with Crippen molar-refractivity contribution < 1.29 is 4.74 Å². The van der Waals surface area contributed by atoms with Crippen molar-refractivity contribution in [3.63, 3.8) is 0 Å². The molecule has 2 aromatic carbocycles. The van der Waals surface area contributed by atoms with Gasteiger partial charge in [0.2, 0.25) is 0 Å². The molecule has 1 aliphatic heterocycles. The lowest BCUT2D eigenvalue weighted by molar-refractivity contribution is 0.230. The van der Waals surface area contributed by atoms with Gasteiger partial charge in [0.25, 0.3) is 5.56 Å². The number of piperidine rings is 1. The van der Waals surface area contributed by atoms with Crippen LogP contribution in [0.25, 0.3) is 10.9 Å². The van der Waals surface area contributed by atoms with E-state index in [1.165, 1.54) is 19.3 Å². The van der Waals surface area contributed by atoms with E-state index in [-0.39, 0.29) is 5.56 Å². The van der Waals surface area contributed by atoms with E-state index in [4.69, 9.17) is 9.72 Å². The predicted molar refractivity (Wildman–Crippen MR) is 107 cm³/mol. The minimum Gasteiger partial charge on any atom is -0.487 e. The van der Waals surface area contributed by atoms with Crippen LogP contribution in [0.4, 0.5) is 0 Å². The quantitative estimate of drug-likeness (QED) is 0.728. The van der Waals surface area contributed by atoms with Crippen LogP contribution in [0.5, 0.6) is 5.75 Å². The van der Waals surface area contributed by atoms with Crippen molar-refractivity contribution >= 4 is 10.9 Å². The van der Waals surface area contributed by atoms with Gasteiger partial charge in [0.1, 0.15) is 23.7 Å². The summed E-state index contributed by atoms with van der Waals surface area (Å²) in [5.41, 5.74) is 1.63. The number of hydrogen-bond acceptors (Lipinski definition) is 4. The normalized spacial score (nSPS) is 15.1. The molecular weight excluding hydrogens is 338 g/mol. The van der Waals surface area contributed by atoms with E-state index < -0.39 is 0 Å². The molecule has 1 aromatic heterocycles. The number of benzene rings is 2. The minimum absolute atomic E-state index is 0.0983. The molecule has 0 amide bonds. The number of aromatic nitrogens is 2. The third kappa shape index (κ3) is 4.37. The van der Waals surface area contributed by atoms with E-state index in [1.54, 1.807) is 6.07 Å². The number of aromatic amines is 1. The summed E-state index contributed by atoms with van der Waals surface area (Å²) in [7, 11) is 0. The summed E-state index contributed by atoms with van der Waals surface area (Å²) in [5, 5.41) is 0.572. The first-order valence-electron chi connectivity index (χ1n) is 9.70. The summed E-state index contributed by atoms with van der Waals surface area (Å²) in [4.78, 5) is 22.6. The van der Waals surface area contributed by atoms with Gasteiger partial charge in [-0.3, -0.25) is 4.79 Å². The number of nitrogens with zero attached hydrogens (tertiary/aromatic N) is 2. The van der Waals surface area contributed by atoms with Gasteiger partial charge in [0.05, 0.1) is 5.39 Å². The van der Waals surface area contributed by atoms with Gasteiger partial charge in [-0.05, 0) is 43.6 Å². The fraction of sp³-hybridized carbons (Fsp3) is 0.364. The van der Waals surface area contributed by atoms with Crippen molar-refractivity contribution in [3.8, 4) is 5.75 Å². The van der Waals surface area contributed by atoms with Crippen molar-refractivity contribution in [1.29, 1.82) is 0 Å². The maximum atomic E-state index is 12.5. The lowest BCUT2D eigenvalue weighted by Gasteiger charge is -2.26. The Hall–Kier alpha value is -2.66. The van der Waals surface area contributed by atoms with Gasteiger partial charge in [-0.1, -0.05) is 42.8 Å². The first kappa shape index (κ1) is 17.7. The third-order valence-corrected chi connectivity index (χ3v) is 5.10. The summed E-state index contributed by atoms with van der Waals surface area (Å²) in [6.07, 6.45) is 4.60. The standard InChI is InChI=1S/C22H25N3O2/c26-22-18-10-7-11-19(27-16-17-8-3-1-4-9-17)21(18)23-20(24-22)12-15-25-13-5-2-6-14-25/h1,3-4,7-11H,2,5-6,12-16H2,(H,23,24,26). The average molecular weight is 363 g/mol. The van der Waals surface area contributed by atoms with Gasteiger partial charge in [0, 0.05) is 13.0 Å².